The lowest BCUT2D eigenvalue weighted by molar-refractivity contribution is -0.0977. The lowest BCUT2D eigenvalue weighted by Gasteiger charge is -2.55. The summed E-state index contributed by atoms with van der Waals surface area (Å²) in [7, 11) is -3.34. The van der Waals surface area contributed by atoms with Crippen LogP contribution in [0, 0.1) is 16.7 Å². The van der Waals surface area contributed by atoms with E-state index in [9.17, 15) is 18.3 Å². The molecule has 5 nitrogen and oxygen atoms in total. The first kappa shape index (κ1) is 16.5. The van der Waals surface area contributed by atoms with Gasteiger partial charge >= 0.3 is 0 Å². The number of likely N-dealkylation sites (tertiary alicyclic amines) is 1. The van der Waals surface area contributed by atoms with E-state index in [2.05, 4.69) is 13.8 Å². The highest BCUT2D eigenvalue weighted by Crippen LogP contribution is 2.62. The number of amides is 1. The van der Waals surface area contributed by atoms with E-state index in [1.165, 1.54) is 12.1 Å². The molecule has 0 radical (unpaired) electrons. The number of aliphatic hydroxyl groups is 1. The molecule has 1 heterocycles. The molecule has 3 rings (SSSR count). The fourth-order valence-corrected chi connectivity index (χ4v) is 5.20. The molecular weight excluding hydrogens is 314 g/mol. The Morgan fingerprint density at radius 3 is 2.61 bits per heavy atom. The third-order valence-corrected chi connectivity index (χ3v) is 6.62. The maximum Gasteiger partial charge on any atom is 0.253 e. The predicted octanol–water partition coefficient (Wildman–Crippen LogP) is 1.57. The number of fused-ring (bicyclic) bond motifs is 1. The maximum absolute atomic E-state index is 12.8. The third-order valence-electron chi connectivity index (χ3n) is 5.51. The standard InChI is InChI=1S/C17H23NO4S/c1-16(2)9-17(11-19)10-18(8-14(16)17)15(20)12-5-4-6-13(7-12)23(3,21)22/h4-7,14,19H,8-11H2,1-3H3/t14-,17-/m1/s1. The number of sulfone groups is 1. The molecule has 6 heteroatoms. The second-order valence-electron chi connectivity index (χ2n) is 7.72. The van der Waals surface area contributed by atoms with Crippen LogP contribution in [0.2, 0.25) is 0 Å². The van der Waals surface area contributed by atoms with Crippen molar-refractivity contribution in [3.63, 3.8) is 0 Å². The largest absolute Gasteiger partial charge is 0.396 e. The van der Waals surface area contributed by atoms with Gasteiger partial charge in [-0.1, -0.05) is 19.9 Å². The second kappa shape index (κ2) is 5.05. The highest BCUT2D eigenvalue weighted by atomic mass is 32.2. The normalized spacial score (nSPS) is 29.0. The second-order valence-corrected chi connectivity index (χ2v) is 9.74. The van der Waals surface area contributed by atoms with Crippen molar-refractivity contribution in [2.75, 3.05) is 26.0 Å². The number of carbonyl (C=O) groups is 1. The van der Waals surface area contributed by atoms with Crippen LogP contribution < -0.4 is 0 Å². The van der Waals surface area contributed by atoms with Crippen molar-refractivity contribution in [1.29, 1.82) is 0 Å². The summed E-state index contributed by atoms with van der Waals surface area (Å²) in [6, 6.07) is 6.18. The number of nitrogens with zero attached hydrogens (tertiary/aromatic N) is 1. The van der Waals surface area contributed by atoms with Crippen LogP contribution in [0.25, 0.3) is 0 Å². The summed E-state index contributed by atoms with van der Waals surface area (Å²) in [5, 5.41) is 9.78. The fraction of sp³-hybridized carbons (Fsp3) is 0.588. The van der Waals surface area contributed by atoms with Crippen LogP contribution in [0.3, 0.4) is 0 Å². The predicted molar refractivity (Wildman–Crippen MR) is 86.9 cm³/mol. The SMILES string of the molecule is CC1(C)C[C@]2(CO)CN(C(=O)c3cccc(S(C)(=O)=O)c3)C[C@H]12. The van der Waals surface area contributed by atoms with Crippen LogP contribution in [0.5, 0.6) is 0 Å². The van der Waals surface area contributed by atoms with Crippen molar-refractivity contribution in [2.45, 2.75) is 25.2 Å². The van der Waals surface area contributed by atoms with Crippen LogP contribution in [0.4, 0.5) is 0 Å². The average Bonchev–Trinajstić information content (AvgIpc) is 2.81. The van der Waals surface area contributed by atoms with Gasteiger partial charge in [0.15, 0.2) is 9.84 Å². The lowest BCUT2D eigenvalue weighted by Crippen LogP contribution is -2.54. The molecule has 0 aromatic heterocycles. The van der Waals surface area contributed by atoms with E-state index in [4.69, 9.17) is 0 Å². The van der Waals surface area contributed by atoms with E-state index < -0.39 is 9.84 Å². The number of benzene rings is 1. The molecule has 1 N–H and O–H groups in total. The minimum atomic E-state index is -3.34. The first-order valence-corrected chi connectivity index (χ1v) is 9.68. The van der Waals surface area contributed by atoms with Crippen molar-refractivity contribution in [3.8, 4) is 0 Å². The first-order valence-electron chi connectivity index (χ1n) is 7.79. The quantitative estimate of drug-likeness (QED) is 0.908. The number of rotatable bonds is 3. The summed E-state index contributed by atoms with van der Waals surface area (Å²) < 4.78 is 23.3. The van der Waals surface area contributed by atoms with Gasteiger partial charge in [0.2, 0.25) is 0 Å². The number of hydrogen-bond acceptors (Lipinski definition) is 4. The average molecular weight is 337 g/mol. The topological polar surface area (TPSA) is 74.7 Å². The summed E-state index contributed by atoms with van der Waals surface area (Å²) in [4.78, 5) is 14.7. The molecule has 1 saturated carbocycles. The van der Waals surface area contributed by atoms with Gasteiger partial charge in [0, 0.05) is 30.3 Å². The van der Waals surface area contributed by atoms with Gasteiger partial charge in [0.25, 0.3) is 5.91 Å². The van der Waals surface area contributed by atoms with Gasteiger partial charge in [-0.3, -0.25) is 4.79 Å². The molecular formula is C17H23NO4S. The van der Waals surface area contributed by atoms with Crippen LogP contribution in [-0.2, 0) is 9.84 Å². The summed E-state index contributed by atoms with van der Waals surface area (Å²) in [6.45, 7) is 5.59. The van der Waals surface area contributed by atoms with Gasteiger partial charge in [-0.2, -0.15) is 0 Å². The Kier molecular flexibility index (Phi) is 3.61. The summed E-state index contributed by atoms with van der Waals surface area (Å²) in [5.74, 6) is 0.135. The lowest BCUT2D eigenvalue weighted by atomic mass is 9.48. The molecule has 126 valence electrons. The van der Waals surface area contributed by atoms with E-state index in [-0.39, 0.29) is 28.2 Å². The summed E-state index contributed by atoms with van der Waals surface area (Å²) >= 11 is 0. The zero-order chi connectivity index (χ0) is 17.0. The van der Waals surface area contributed by atoms with Gasteiger partial charge < -0.3 is 10.0 Å². The van der Waals surface area contributed by atoms with Crippen molar-refractivity contribution in [1.82, 2.24) is 4.90 Å². The van der Waals surface area contributed by atoms with Crippen LogP contribution in [-0.4, -0.2) is 50.3 Å². The van der Waals surface area contributed by atoms with Gasteiger partial charge in [-0.25, -0.2) is 8.42 Å². The van der Waals surface area contributed by atoms with E-state index >= 15 is 0 Å². The first-order chi connectivity index (χ1) is 10.6. The van der Waals surface area contributed by atoms with Crippen LogP contribution in [0.1, 0.15) is 30.6 Å². The zero-order valence-corrected chi connectivity index (χ0v) is 14.6. The zero-order valence-electron chi connectivity index (χ0n) is 13.7. The van der Waals surface area contributed by atoms with Crippen LogP contribution >= 0.6 is 0 Å². The number of carbonyl (C=O) groups excluding carboxylic acids is 1. The Labute approximate surface area is 137 Å². The molecule has 1 aromatic carbocycles. The van der Waals surface area contributed by atoms with Gasteiger partial charge in [0.05, 0.1) is 11.5 Å². The molecule has 0 unspecified atom stereocenters. The minimum Gasteiger partial charge on any atom is -0.396 e. The van der Waals surface area contributed by atoms with Crippen molar-refractivity contribution in [2.24, 2.45) is 16.7 Å². The van der Waals surface area contributed by atoms with Gasteiger partial charge in [-0.05, 0) is 36.0 Å². The molecule has 1 aliphatic carbocycles. The van der Waals surface area contributed by atoms with Crippen LogP contribution in [0.15, 0.2) is 29.2 Å². The number of aliphatic hydroxyl groups excluding tert-OH is 1. The molecule has 1 aromatic rings. The molecule has 0 bridgehead atoms. The Morgan fingerprint density at radius 1 is 1.39 bits per heavy atom. The van der Waals surface area contributed by atoms with Gasteiger partial charge in [-0.15, -0.1) is 0 Å². The molecule has 2 atom stereocenters. The van der Waals surface area contributed by atoms with Crippen molar-refractivity contribution in [3.05, 3.63) is 29.8 Å². The third kappa shape index (κ3) is 2.58. The van der Waals surface area contributed by atoms with Crippen molar-refractivity contribution >= 4 is 15.7 Å². The van der Waals surface area contributed by atoms with E-state index in [1.807, 2.05) is 0 Å². The summed E-state index contributed by atoms with van der Waals surface area (Å²) in [6.07, 6.45) is 2.05. The maximum atomic E-state index is 12.8. The monoisotopic (exact) mass is 337 g/mol. The molecule has 1 saturated heterocycles. The molecule has 0 spiro atoms. The van der Waals surface area contributed by atoms with E-state index in [0.717, 1.165) is 12.7 Å². The Balaban J connectivity index is 1.86. The smallest absolute Gasteiger partial charge is 0.253 e. The van der Waals surface area contributed by atoms with E-state index in [1.54, 1.807) is 17.0 Å². The molecule has 23 heavy (non-hydrogen) atoms. The van der Waals surface area contributed by atoms with E-state index in [0.29, 0.717) is 24.6 Å². The Bertz CT molecular complexity index is 756. The van der Waals surface area contributed by atoms with Gasteiger partial charge in [0.1, 0.15) is 0 Å². The van der Waals surface area contributed by atoms with Crippen molar-refractivity contribution < 1.29 is 18.3 Å². The molecule has 2 aliphatic rings. The Morgan fingerprint density at radius 2 is 2.09 bits per heavy atom. The Hall–Kier alpha value is -1.40. The number of hydrogen-bond donors (Lipinski definition) is 1. The molecule has 1 amide bonds. The highest BCUT2D eigenvalue weighted by Gasteiger charge is 2.63. The summed E-state index contributed by atoms with van der Waals surface area (Å²) in [5.41, 5.74) is 0.333. The highest BCUT2D eigenvalue weighted by molar-refractivity contribution is 7.90. The molecule has 1 aliphatic heterocycles. The fourth-order valence-electron chi connectivity index (χ4n) is 4.54. The minimum absolute atomic E-state index is 0.0915. The molecule has 2 fully saturated rings.